The van der Waals surface area contributed by atoms with Gasteiger partial charge in [0, 0.05) is 31.2 Å². The van der Waals surface area contributed by atoms with Crippen LogP contribution in [0.5, 0.6) is 0 Å². The molecule has 0 saturated carbocycles. The van der Waals surface area contributed by atoms with Crippen molar-refractivity contribution in [1.29, 1.82) is 0 Å². The molecule has 0 fully saturated rings. The van der Waals surface area contributed by atoms with Crippen molar-refractivity contribution in [3.63, 3.8) is 0 Å². The molecule has 1 aromatic heterocycles. The number of pyridine rings is 1. The minimum Gasteiger partial charge on any atom is -0.354 e. The summed E-state index contributed by atoms with van der Waals surface area (Å²) >= 11 is 5.07. The van der Waals surface area contributed by atoms with Gasteiger partial charge in [0.25, 0.3) is 0 Å². The normalized spacial score (nSPS) is 10.8. The fourth-order valence-electron chi connectivity index (χ4n) is 1.49. The molecule has 18 heavy (non-hydrogen) atoms. The first-order chi connectivity index (χ1) is 8.68. The van der Waals surface area contributed by atoms with Crippen LogP contribution in [0.25, 0.3) is 10.9 Å². The Bertz CT molecular complexity index is 587. The quantitative estimate of drug-likeness (QED) is 0.508. The number of hydrogen-bond acceptors (Lipinski definition) is 3. The number of benzene rings is 1. The van der Waals surface area contributed by atoms with E-state index in [1.165, 1.54) is 0 Å². The summed E-state index contributed by atoms with van der Waals surface area (Å²) in [5, 5.41) is 5.78. The van der Waals surface area contributed by atoms with Crippen LogP contribution in [0.15, 0.2) is 41.6 Å². The molecule has 1 heterocycles. The van der Waals surface area contributed by atoms with E-state index < -0.39 is 0 Å². The lowest BCUT2D eigenvalue weighted by molar-refractivity contribution is 0.606. The molecule has 0 radical (unpaired) electrons. The van der Waals surface area contributed by atoms with E-state index in [1.807, 2.05) is 44.4 Å². The molecule has 1 N–H and O–H groups in total. The van der Waals surface area contributed by atoms with Crippen LogP contribution in [-0.4, -0.2) is 35.3 Å². The maximum atomic E-state index is 5.07. The summed E-state index contributed by atoms with van der Waals surface area (Å²) in [6.45, 7) is 0. The molecule has 0 bridgehead atoms. The Morgan fingerprint density at radius 3 is 2.89 bits per heavy atom. The van der Waals surface area contributed by atoms with E-state index in [1.54, 1.807) is 17.3 Å². The molecule has 2 rings (SSSR count). The molecular formula is C13H14N4S. The maximum absolute atomic E-state index is 5.07. The predicted octanol–water partition coefficient (Wildman–Crippen LogP) is 2.00. The van der Waals surface area contributed by atoms with Gasteiger partial charge in [0.05, 0.1) is 11.7 Å². The molecule has 0 spiro atoms. The van der Waals surface area contributed by atoms with Gasteiger partial charge in [-0.2, -0.15) is 5.10 Å². The van der Waals surface area contributed by atoms with Gasteiger partial charge >= 0.3 is 0 Å². The van der Waals surface area contributed by atoms with Crippen LogP contribution in [0.4, 0.5) is 0 Å². The third-order valence-electron chi connectivity index (χ3n) is 2.43. The topological polar surface area (TPSA) is 40.5 Å². The standard InChI is InChI=1S/C13H14N4S/c1-17(2)13(18)16-15-9-11-6-3-5-10-7-4-8-14-12(10)11/h3-9H,1-2H3,(H,16,18). The smallest absolute Gasteiger partial charge is 0.189 e. The molecule has 0 atom stereocenters. The predicted molar refractivity (Wildman–Crippen MR) is 78.8 cm³/mol. The van der Waals surface area contributed by atoms with Gasteiger partial charge in [0.15, 0.2) is 5.11 Å². The highest BCUT2D eigenvalue weighted by Crippen LogP contribution is 2.13. The summed E-state index contributed by atoms with van der Waals surface area (Å²) in [5.74, 6) is 0. The van der Waals surface area contributed by atoms with Crippen molar-refractivity contribution in [3.8, 4) is 0 Å². The molecule has 0 amide bonds. The van der Waals surface area contributed by atoms with E-state index in [0.717, 1.165) is 16.5 Å². The number of fused-ring (bicyclic) bond motifs is 1. The van der Waals surface area contributed by atoms with Gasteiger partial charge < -0.3 is 4.90 Å². The number of nitrogens with zero attached hydrogens (tertiary/aromatic N) is 3. The van der Waals surface area contributed by atoms with E-state index in [2.05, 4.69) is 15.5 Å². The highest BCUT2D eigenvalue weighted by Gasteiger charge is 1.99. The van der Waals surface area contributed by atoms with Gasteiger partial charge in [-0.1, -0.05) is 24.3 Å². The van der Waals surface area contributed by atoms with Crippen molar-refractivity contribution >= 4 is 34.4 Å². The molecule has 0 aliphatic heterocycles. The van der Waals surface area contributed by atoms with Gasteiger partial charge in [0.1, 0.15) is 0 Å². The van der Waals surface area contributed by atoms with Gasteiger partial charge in [0.2, 0.25) is 0 Å². The van der Waals surface area contributed by atoms with Gasteiger partial charge in [-0.25, -0.2) is 0 Å². The number of nitrogens with one attached hydrogen (secondary N) is 1. The van der Waals surface area contributed by atoms with Crippen molar-refractivity contribution < 1.29 is 0 Å². The summed E-state index contributed by atoms with van der Waals surface area (Å²) < 4.78 is 0. The molecule has 4 nitrogen and oxygen atoms in total. The molecule has 0 saturated heterocycles. The van der Waals surface area contributed by atoms with E-state index in [9.17, 15) is 0 Å². The van der Waals surface area contributed by atoms with E-state index in [-0.39, 0.29) is 0 Å². The van der Waals surface area contributed by atoms with Crippen LogP contribution < -0.4 is 5.43 Å². The average molecular weight is 258 g/mol. The third kappa shape index (κ3) is 2.81. The Morgan fingerprint density at radius 2 is 2.11 bits per heavy atom. The fraction of sp³-hybridized carbons (Fsp3) is 0.154. The van der Waals surface area contributed by atoms with Gasteiger partial charge in [-0.05, 0) is 18.3 Å². The second-order valence-corrected chi connectivity index (χ2v) is 4.38. The monoisotopic (exact) mass is 258 g/mol. The first-order valence-electron chi connectivity index (χ1n) is 5.52. The van der Waals surface area contributed by atoms with Crippen molar-refractivity contribution in [1.82, 2.24) is 15.3 Å². The lowest BCUT2D eigenvalue weighted by atomic mass is 10.1. The van der Waals surface area contributed by atoms with Crippen molar-refractivity contribution in [2.75, 3.05) is 14.1 Å². The number of para-hydroxylation sites is 1. The molecule has 1 aromatic carbocycles. The Morgan fingerprint density at radius 1 is 1.33 bits per heavy atom. The third-order valence-corrected chi connectivity index (χ3v) is 2.89. The molecular weight excluding hydrogens is 244 g/mol. The Kier molecular flexibility index (Phi) is 3.84. The lowest BCUT2D eigenvalue weighted by Crippen LogP contribution is -2.30. The first-order valence-corrected chi connectivity index (χ1v) is 5.93. The average Bonchev–Trinajstić information content (AvgIpc) is 2.38. The number of hydrogen-bond donors (Lipinski definition) is 1. The van der Waals surface area contributed by atoms with Crippen LogP contribution in [0, 0.1) is 0 Å². The van der Waals surface area contributed by atoms with E-state index in [0.29, 0.717) is 5.11 Å². The molecule has 2 aromatic rings. The largest absolute Gasteiger partial charge is 0.354 e. The highest BCUT2D eigenvalue weighted by molar-refractivity contribution is 7.80. The number of rotatable bonds is 2. The summed E-state index contributed by atoms with van der Waals surface area (Å²) in [5.41, 5.74) is 4.69. The molecule has 92 valence electrons. The minimum absolute atomic E-state index is 0.569. The molecule has 5 heteroatoms. The van der Waals surface area contributed by atoms with Crippen LogP contribution in [0.1, 0.15) is 5.56 Å². The summed E-state index contributed by atoms with van der Waals surface area (Å²) in [6, 6.07) is 9.92. The second-order valence-electron chi connectivity index (χ2n) is 3.99. The number of hydrazone groups is 1. The molecule has 0 aliphatic carbocycles. The first kappa shape index (κ1) is 12.4. The zero-order valence-electron chi connectivity index (χ0n) is 10.3. The number of thiocarbonyl (C=S) groups is 1. The Hall–Kier alpha value is -2.01. The van der Waals surface area contributed by atoms with E-state index in [4.69, 9.17) is 12.2 Å². The Balaban J connectivity index is 2.22. The zero-order chi connectivity index (χ0) is 13.0. The van der Waals surface area contributed by atoms with Crippen LogP contribution in [0.2, 0.25) is 0 Å². The van der Waals surface area contributed by atoms with Crippen LogP contribution in [-0.2, 0) is 0 Å². The van der Waals surface area contributed by atoms with Crippen molar-refractivity contribution in [3.05, 3.63) is 42.1 Å². The van der Waals surface area contributed by atoms with E-state index >= 15 is 0 Å². The fourth-order valence-corrected chi connectivity index (χ4v) is 1.54. The summed E-state index contributed by atoms with van der Waals surface area (Å²) in [4.78, 5) is 6.14. The highest BCUT2D eigenvalue weighted by atomic mass is 32.1. The lowest BCUT2D eigenvalue weighted by Gasteiger charge is -2.11. The Labute approximate surface area is 111 Å². The second kappa shape index (κ2) is 5.55. The van der Waals surface area contributed by atoms with Gasteiger partial charge in [-0.3, -0.25) is 10.4 Å². The molecule has 0 unspecified atom stereocenters. The van der Waals surface area contributed by atoms with Crippen LogP contribution >= 0.6 is 12.2 Å². The summed E-state index contributed by atoms with van der Waals surface area (Å²) in [6.07, 6.45) is 3.50. The number of aromatic nitrogens is 1. The minimum atomic E-state index is 0.569. The van der Waals surface area contributed by atoms with Gasteiger partial charge in [-0.15, -0.1) is 0 Å². The van der Waals surface area contributed by atoms with Crippen molar-refractivity contribution in [2.45, 2.75) is 0 Å². The van der Waals surface area contributed by atoms with Crippen LogP contribution in [0.3, 0.4) is 0 Å². The SMILES string of the molecule is CN(C)C(=S)NN=Cc1cccc2cccnc12. The maximum Gasteiger partial charge on any atom is 0.189 e. The molecule has 0 aliphatic rings. The van der Waals surface area contributed by atoms with Crippen molar-refractivity contribution in [2.24, 2.45) is 5.10 Å². The zero-order valence-corrected chi connectivity index (χ0v) is 11.1. The summed E-state index contributed by atoms with van der Waals surface area (Å²) in [7, 11) is 3.73.